The predicted octanol–water partition coefficient (Wildman–Crippen LogP) is 3.37. The molecule has 0 spiro atoms. The number of urea groups is 1. The molecule has 1 atom stereocenters. The number of imide groups is 2. The van der Waals surface area contributed by atoms with Gasteiger partial charge in [0.05, 0.1) is 11.8 Å². The van der Waals surface area contributed by atoms with Crippen LogP contribution in [0.2, 0.25) is 0 Å². The number of nitrogens with one attached hydrogen (secondary N) is 1. The highest BCUT2D eigenvalue weighted by Crippen LogP contribution is 2.26. The van der Waals surface area contributed by atoms with E-state index < -0.39 is 28.7 Å². The van der Waals surface area contributed by atoms with Crippen molar-refractivity contribution in [3.8, 4) is 0 Å². The monoisotopic (exact) mass is 383 g/mol. The number of benzene rings is 1. The summed E-state index contributed by atoms with van der Waals surface area (Å²) < 4.78 is 4.96. The summed E-state index contributed by atoms with van der Waals surface area (Å²) in [5.74, 6) is -1.99. The summed E-state index contributed by atoms with van der Waals surface area (Å²) in [4.78, 5) is 47.9. The number of rotatable bonds is 5. The molecule has 0 unspecified atom stereocenters. The molecule has 2 heterocycles. The van der Waals surface area contributed by atoms with Crippen molar-refractivity contribution in [2.24, 2.45) is 0 Å². The van der Waals surface area contributed by atoms with E-state index in [9.17, 15) is 24.5 Å². The molecule has 9 heteroatoms. The average Bonchev–Trinajstić information content (AvgIpc) is 3.14. The molecular formula is C19H17N3O6. The van der Waals surface area contributed by atoms with Crippen LogP contribution in [0.5, 0.6) is 0 Å². The standard InChI is InChI=1S/C19H17N3O6/c1-3-11(2)12-4-6-13(7-5-12)21-18(24)15(17(23)20-19(21)25)10-14-8-9-16(28-14)22(26)27/h4-11H,3H2,1-2H3,(H,20,23,25)/b15-10+/t11-/m1/s1. The normalized spacial score (nSPS) is 17.0. The highest BCUT2D eigenvalue weighted by molar-refractivity contribution is 6.39. The average molecular weight is 383 g/mol. The van der Waals surface area contributed by atoms with Crippen molar-refractivity contribution >= 4 is 35.5 Å². The van der Waals surface area contributed by atoms with Gasteiger partial charge in [0.25, 0.3) is 11.8 Å². The number of nitrogens with zero attached hydrogens (tertiary/aromatic N) is 2. The van der Waals surface area contributed by atoms with Crippen LogP contribution in [0.15, 0.2) is 46.4 Å². The van der Waals surface area contributed by atoms with E-state index >= 15 is 0 Å². The van der Waals surface area contributed by atoms with Gasteiger partial charge in [0.15, 0.2) is 0 Å². The van der Waals surface area contributed by atoms with Crippen LogP contribution in [0, 0.1) is 10.1 Å². The molecular weight excluding hydrogens is 366 g/mol. The van der Waals surface area contributed by atoms with Gasteiger partial charge in [-0.2, -0.15) is 0 Å². The van der Waals surface area contributed by atoms with Crippen molar-refractivity contribution < 1.29 is 23.7 Å². The van der Waals surface area contributed by atoms with Crippen molar-refractivity contribution in [2.75, 3.05) is 4.90 Å². The van der Waals surface area contributed by atoms with E-state index in [1.54, 1.807) is 12.1 Å². The highest BCUT2D eigenvalue weighted by Gasteiger charge is 2.37. The molecule has 1 saturated heterocycles. The molecule has 1 N–H and O–H groups in total. The van der Waals surface area contributed by atoms with Crippen LogP contribution >= 0.6 is 0 Å². The van der Waals surface area contributed by atoms with Gasteiger partial charge in [0.2, 0.25) is 0 Å². The molecule has 0 aliphatic carbocycles. The number of carbonyl (C=O) groups is 3. The molecule has 9 nitrogen and oxygen atoms in total. The summed E-state index contributed by atoms with van der Waals surface area (Å²) in [5, 5.41) is 12.8. The van der Waals surface area contributed by atoms with Crippen molar-refractivity contribution in [3.05, 3.63) is 63.4 Å². The van der Waals surface area contributed by atoms with Crippen LogP contribution in [-0.2, 0) is 9.59 Å². The molecule has 144 valence electrons. The summed E-state index contributed by atoms with van der Waals surface area (Å²) in [5.41, 5.74) is 0.999. The second-order valence-corrected chi connectivity index (χ2v) is 6.29. The molecule has 0 saturated carbocycles. The van der Waals surface area contributed by atoms with Crippen LogP contribution in [-0.4, -0.2) is 22.8 Å². The predicted molar refractivity (Wildman–Crippen MR) is 99.5 cm³/mol. The molecule has 4 amide bonds. The fraction of sp³-hybridized carbons (Fsp3) is 0.211. The zero-order valence-electron chi connectivity index (χ0n) is 15.2. The van der Waals surface area contributed by atoms with Gasteiger partial charge in [0, 0.05) is 0 Å². The maximum atomic E-state index is 12.8. The second kappa shape index (κ2) is 7.47. The highest BCUT2D eigenvalue weighted by atomic mass is 16.6. The minimum atomic E-state index is -0.901. The van der Waals surface area contributed by atoms with Crippen LogP contribution in [0.1, 0.15) is 37.5 Å². The van der Waals surface area contributed by atoms with Crippen LogP contribution in [0.3, 0.4) is 0 Å². The summed E-state index contributed by atoms with van der Waals surface area (Å²) in [7, 11) is 0. The van der Waals surface area contributed by atoms with E-state index in [2.05, 4.69) is 19.2 Å². The lowest BCUT2D eigenvalue weighted by Crippen LogP contribution is -2.54. The topological polar surface area (TPSA) is 123 Å². The largest absolute Gasteiger partial charge is 0.433 e. The van der Waals surface area contributed by atoms with Gasteiger partial charge in [-0.05, 0) is 42.2 Å². The molecule has 1 aromatic carbocycles. The number of nitro groups is 1. The Labute approximate surface area is 159 Å². The van der Waals surface area contributed by atoms with E-state index in [-0.39, 0.29) is 11.3 Å². The number of furan rings is 1. The van der Waals surface area contributed by atoms with Crippen LogP contribution in [0.4, 0.5) is 16.4 Å². The van der Waals surface area contributed by atoms with E-state index in [0.717, 1.165) is 29.0 Å². The number of hydrogen-bond donors (Lipinski definition) is 1. The SMILES string of the molecule is CC[C@@H](C)c1ccc(N2C(=O)NC(=O)/C(=C\c3ccc([N+](=O)[O-])o3)C2=O)cc1. The van der Waals surface area contributed by atoms with Gasteiger partial charge in [-0.25, -0.2) is 9.69 Å². The van der Waals surface area contributed by atoms with Crippen LogP contribution < -0.4 is 10.2 Å². The fourth-order valence-corrected chi connectivity index (χ4v) is 2.74. The first-order valence-electron chi connectivity index (χ1n) is 8.57. The Morgan fingerprint density at radius 2 is 1.86 bits per heavy atom. The third kappa shape index (κ3) is 3.54. The molecule has 28 heavy (non-hydrogen) atoms. The van der Waals surface area contributed by atoms with Gasteiger partial charge in [-0.1, -0.05) is 26.0 Å². The van der Waals surface area contributed by atoms with Crippen molar-refractivity contribution in [2.45, 2.75) is 26.2 Å². The number of barbiturate groups is 1. The Hall–Kier alpha value is -3.75. The maximum Gasteiger partial charge on any atom is 0.433 e. The number of hydrogen-bond acceptors (Lipinski definition) is 6. The quantitative estimate of drug-likeness (QED) is 0.365. The fourth-order valence-electron chi connectivity index (χ4n) is 2.74. The Morgan fingerprint density at radius 3 is 2.43 bits per heavy atom. The van der Waals surface area contributed by atoms with Gasteiger partial charge in [0.1, 0.15) is 16.3 Å². The van der Waals surface area contributed by atoms with Crippen molar-refractivity contribution in [1.82, 2.24) is 5.32 Å². The second-order valence-electron chi connectivity index (χ2n) is 6.29. The first-order valence-corrected chi connectivity index (χ1v) is 8.57. The zero-order valence-corrected chi connectivity index (χ0v) is 15.2. The molecule has 2 aromatic rings. The lowest BCUT2D eigenvalue weighted by Gasteiger charge is -2.26. The van der Waals surface area contributed by atoms with E-state index in [0.29, 0.717) is 11.6 Å². The summed E-state index contributed by atoms with van der Waals surface area (Å²) in [6, 6.07) is 8.39. The third-order valence-corrected chi connectivity index (χ3v) is 4.51. The molecule has 3 rings (SSSR count). The summed E-state index contributed by atoms with van der Waals surface area (Å²) >= 11 is 0. The van der Waals surface area contributed by atoms with Gasteiger partial charge in [-0.15, -0.1) is 0 Å². The van der Waals surface area contributed by atoms with Gasteiger partial charge in [-0.3, -0.25) is 25.0 Å². The van der Waals surface area contributed by atoms with Gasteiger partial charge < -0.3 is 4.42 Å². The Morgan fingerprint density at radius 1 is 1.18 bits per heavy atom. The van der Waals surface area contributed by atoms with E-state index in [1.165, 1.54) is 6.07 Å². The number of anilines is 1. The number of carbonyl (C=O) groups excluding carboxylic acids is 3. The van der Waals surface area contributed by atoms with Crippen LogP contribution in [0.25, 0.3) is 6.08 Å². The Bertz CT molecular complexity index is 989. The maximum absolute atomic E-state index is 12.8. The molecule has 1 fully saturated rings. The Balaban J connectivity index is 1.93. The molecule has 1 aromatic heterocycles. The van der Waals surface area contributed by atoms with E-state index in [4.69, 9.17) is 4.42 Å². The molecule has 1 aliphatic rings. The van der Waals surface area contributed by atoms with Crippen molar-refractivity contribution in [1.29, 1.82) is 0 Å². The minimum absolute atomic E-state index is 0.0494. The minimum Gasteiger partial charge on any atom is -0.401 e. The Kier molecular flexibility index (Phi) is 5.08. The summed E-state index contributed by atoms with van der Waals surface area (Å²) in [6.45, 7) is 4.12. The molecule has 1 aliphatic heterocycles. The summed E-state index contributed by atoms with van der Waals surface area (Å²) in [6.07, 6.45) is 2.01. The third-order valence-electron chi connectivity index (χ3n) is 4.51. The number of amides is 4. The van der Waals surface area contributed by atoms with Gasteiger partial charge >= 0.3 is 11.9 Å². The lowest BCUT2D eigenvalue weighted by molar-refractivity contribution is -0.402. The zero-order chi connectivity index (χ0) is 20.4. The molecule has 0 radical (unpaired) electrons. The van der Waals surface area contributed by atoms with Crippen molar-refractivity contribution in [3.63, 3.8) is 0 Å². The first-order chi connectivity index (χ1) is 13.3. The first kappa shape index (κ1) is 19.0. The smallest absolute Gasteiger partial charge is 0.401 e. The van der Waals surface area contributed by atoms with E-state index in [1.807, 2.05) is 12.1 Å². The molecule has 0 bridgehead atoms. The lowest BCUT2D eigenvalue weighted by atomic mass is 9.98.